The van der Waals surface area contributed by atoms with Crippen molar-refractivity contribution in [1.82, 2.24) is 4.90 Å². The Morgan fingerprint density at radius 3 is 2.63 bits per heavy atom. The first-order valence-corrected chi connectivity index (χ1v) is 7.14. The smallest absolute Gasteiger partial charge is 0.123 e. The monoisotopic (exact) mass is 260 g/mol. The van der Waals surface area contributed by atoms with Gasteiger partial charge >= 0.3 is 0 Å². The summed E-state index contributed by atoms with van der Waals surface area (Å²) in [5, 5.41) is 8.35. The van der Waals surface area contributed by atoms with Crippen LogP contribution in [-0.2, 0) is 6.54 Å². The zero-order chi connectivity index (χ0) is 13.7. The van der Waals surface area contributed by atoms with E-state index in [1.807, 2.05) is 25.2 Å². The van der Waals surface area contributed by atoms with Crippen molar-refractivity contribution in [3.05, 3.63) is 29.8 Å². The van der Waals surface area contributed by atoms with E-state index >= 15 is 0 Å². The van der Waals surface area contributed by atoms with Crippen molar-refractivity contribution in [2.75, 3.05) is 14.2 Å². The van der Waals surface area contributed by atoms with Gasteiger partial charge in [-0.3, -0.25) is 5.41 Å². The van der Waals surface area contributed by atoms with E-state index in [0.717, 1.165) is 23.7 Å². The fourth-order valence-corrected chi connectivity index (χ4v) is 2.86. The SMILES string of the molecule is COc1ccccc1CN(C)C(=N)C1CCCCC1. The van der Waals surface area contributed by atoms with Crippen LogP contribution in [0.1, 0.15) is 37.7 Å². The average Bonchev–Trinajstić information content (AvgIpc) is 2.48. The predicted molar refractivity (Wildman–Crippen MR) is 78.8 cm³/mol. The Balaban J connectivity index is 1.99. The lowest BCUT2D eigenvalue weighted by atomic mass is 9.88. The van der Waals surface area contributed by atoms with E-state index in [4.69, 9.17) is 10.1 Å². The average molecular weight is 260 g/mol. The Labute approximate surface area is 116 Å². The fourth-order valence-electron chi connectivity index (χ4n) is 2.86. The van der Waals surface area contributed by atoms with E-state index in [9.17, 15) is 0 Å². The van der Waals surface area contributed by atoms with Crippen molar-refractivity contribution in [2.45, 2.75) is 38.6 Å². The lowest BCUT2D eigenvalue weighted by Crippen LogP contribution is -2.33. The quantitative estimate of drug-likeness (QED) is 0.662. The van der Waals surface area contributed by atoms with Crippen molar-refractivity contribution in [3.63, 3.8) is 0 Å². The molecule has 1 aromatic carbocycles. The van der Waals surface area contributed by atoms with Gasteiger partial charge in [0.25, 0.3) is 0 Å². The van der Waals surface area contributed by atoms with Gasteiger partial charge in [0.2, 0.25) is 0 Å². The van der Waals surface area contributed by atoms with Crippen LogP contribution in [0.4, 0.5) is 0 Å². The Morgan fingerprint density at radius 1 is 1.26 bits per heavy atom. The summed E-state index contributed by atoms with van der Waals surface area (Å²) in [5.41, 5.74) is 1.15. The van der Waals surface area contributed by atoms with Gasteiger partial charge < -0.3 is 9.64 Å². The minimum atomic E-state index is 0.452. The molecule has 0 saturated heterocycles. The van der Waals surface area contributed by atoms with Gasteiger partial charge in [-0.1, -0.05) is 37.5 Å². The second-order valence-electron chi connectivity index (χ2n) is 5.39. The van der Waals surface area contributed by atoms with Crippen molar-refractivity contribution in [2.24, 2.45) is 5.92 Å². The number of nitrogens with one attached hydrogen (secondary N) is 1. The molecule has 1 fully saturated rings. The molecule has 1 aliphatic carbocycles. The Kier molecular flexibility index (Phi) is 4.83. The van der Waals surface area contributed by atoms with Crippen molar-refractivity contribution in [3.8, 4) is 5.75 Å². The number of hydrogen-bond acceptors (Lipinski definition) is 2. The molecule has 0 aromatic heterocycles. The minimum Gasteiger partial charge on any atom is -0.496 e. The molecule has 0 radical (unpaired) electrons. The summed E-state index contributed by atoms with van der Waals surface area (Å²) >= 11 is 0. The molecule has 0 atom stereocenters. The van der Waals surface area contributed by atoms with Gasteiger partial charge in [0.1, 0.15) is 5.75 Å². The van der Waals surface area contributed by atoms with Crippen LogP contribution < -0.4 is 4.74 Å². The Morgan fingerprint density at radius 2 is 1.95 bits per heavy atom. The lowest BCUT2D eigenvalue weighted by Gasteiger charge is -2.29. The summed E-state index contributed by atoms with van der Waals surface area (Å²) in [6.07, 6.45) is 6.23. The van der Waals surface area contributed by atoms with Gasteiger partial charge in [-0.05, 0) is 18.9 Å². The second-order valence-corrected chi connectivity index (χ2v) is 5.39. The molecule has 2 rings (SSSR count). The van der Waals surface area contributed by atoms with E-state index in [-0.39, 0.29) is 0 Å². The first kappa shape index (κ1) is 13.9. The zero-order valence-corrected chi connectivity index (χ0v) is 12.0. The van der Waals surface area contributed by atoms with Gasteiger partial charge in [0.15, 0.2) is 0 Å². The van der Waals surface area contributed by atoms with Gasteiger partial charge in [-0.25, -0.2) is 0 Å². The minimum absolute atomic E-state index is 0.452. The number of ether oxygens (including phenoxy) is 1. The van der Waals surface area contributed by atoms with Crippen LogP contribution in [0.2, 0.25) is 0 Å². The molecule has 3 nitrogen and oxygen atoms in total. The molecule has 0 unspecified atom stereocenters. The summed E-state index contributed by atoms with van der Waals surface area (Å²) < 4.78 is 5.37. The van der Waals surface area contributed by atoms with E-state index in [1.54, 1.807) is 7.11 Å². The molecule has 1 N–H and O–H groups in total. The molecular formula is C16H24N2O. The molecule has 3 heteroatoms. The number of methoxy groups -OCH3 is 1. The lowest BCUT2D eigenvalue weighted by molar-refractivity contribution is 0.371. The number of rotatable bonds is 4. The van der Waals surface area contributed by atoms with Crippen molar-refractivity contribution in [1.29, 1.82) is 5.41 Å². The maximum Gasteiger partial charge on any atom is 0.123 e. The highest BCUT2D eigenvalue weighted by Crippen LogP contribution is 2.26. The molecule has 0 bridgehead atoms. The summed E-state index contributed by atoms with van der Waals surface area (Å²) in [6, 6.07) is 8.06. The van der Waals surface area contributed by atoms with E-state index in [1.165, 1.54) is 32.1 Å². The fraction of sp³-hybridized carbons (Fsp3) is 0.562. The molecule has 1 aromatic rings. The summed E-state index contributed by atoms with van der Waals surface area (Å²) in [6.45, 7) is 0.749. The van der Waals surface area contributed by atoms with Gasteiger partial charge in [0, 0.05) is 25.1 Å². The van der Waals surface area contributed by atoms with Crippen molar-refractivity contribution < 1.29 is 4.74 Å². The first-order valence-electron chi connectivity index (χ1n) is 7.14. The van der Waals surface area contributed by atoms with Crippen LogP contribution in [0.3, 0.4) is 0 Å². The molecular weight excluding hydrogens is 236 g/mol. The highest BCUT2D eigenvalue weighted by atomic mass is 16.5. The summed E-state index contributed by atoms with van der Waals surface area (Å²) in [7, 11) is 3.72. The van der Waals surface area contributed by atoms with Gasteiger partial charge in [-0.15, -0.1) is 0 Å². The normalized spacial score (nSPS) is 16.1. The molecule has 104 valence electrons. The second kappa shape index (κ2) is 6.60. The zero-order valence-electron chi connectivity index (χ0n) is 12.0. The number of benzene rings is 1. The van der Waals surface area contributed by atoms with Gasteiger partial charge in [0.05, 0.1) is 12.9 Å². The third-order valence-corrected chi connectivity index (χ3v) is 4.00. The summed E-state index contributed by atoms with van der Waals surface area (Å²) in [4.78, 5) is 2.06. The highest BCUT2D eigenvalue weighted by Gasteiger charge is 2.21. The van der Waals surface area contributed by atoms with E-state index in [0.29, 0.717) is 5.92 Å². The van der Waals surface area contributed by atoms with Crippen LogP contribution in [0.15, 0.2) is 24.3 Å². The van der Waals surface area contributed by atoms with Gasteiger partial charge in [-0.2, -0.15) is 0 Å². The number of nitrogens with zero attached hydrogens (tertiary/aromatic N) is 1. The van der Waals surface area contributed by atoms with Crippen molar-refractivity contribution >= 4 is 5.84 Å². The highest BCUT2D eigenvalue weighted by molar-refractivity contribution is 5.81. The maximum absolute atomic E-state index is 8.35. The Hall–Kier alpha value is -1.51. The molecule has 0 aliphatic heterocycles. The van der Waals surface area contributed by atoms with Crippen LogP contribution >= 0.6 is 0 Å². The summed E-state index contributed by atoms with van der Waals surface area (Å²) in [5.74, 6) is 2.14. The molecule has 19 heavy (non-hydrogen) atoms. The van der Waals surface area contributed by atoms with E-state index in [2.05, 4.69) is 11.0 Å². The molecule has 1 saturated carbocycles. The van der Waals surface area contributed by atoms with E-state index < -0.39 is 0 Å². The molecule has 0 amide bonds. The third-order valence-electron chi connectivity index (χ3n) is 4.00. The van der Waals surface area contributed by atoms with Crippen LogP contribution in [0, 0.1) is 11.3 Å². The number of hydrogen-bond donors (Lipinski definition) is 1. The Bertz CT molecular complexity index is 425. The largest absolute Gasteiger partial charge is 0.496 e. The maximum atomic E-state index is 8.35. The standard InChI is InChI=1S/C16H24N2O/c1-18(16(17)13-8-4-3-5-9-13)12-14-10-6-7-11-15(14)19-2/h6-7,10-11,13,17H,3-5,8-9,12H2,1-2H3. The first-order chi connectivity index (χ1) is 9.22. The van der Waals surface area contributed by atoms with Crippen LogP contribution in [0.25, 0.3) is 0 Å². The molecule has 0 spiro atoms. The third kappa shape index (κ3) is 3.49. The predicted octanol–water partition coefficient (Wildman–Crippen LogP) is 3.68. The number of para-hydroxylation sites is 1. The number of amidine groups is 1. The van der Waals surface area contributed by atoms with Crippen LogP contribution in [-0.4, -0.2) is 24.9 Å². The topological polar surface area (TPSA) is 36.3 Å². The molecule has 0 heterocycles. The van der Waals surface area contributed by atoms with Crippen LogP contribution in [0.5, 0.6) is 5.75 Å². The molecule has 1 aliphatic rings.